The molecule has 0 bridgehead atoms. The third kappa shape index (κ3) is 3.77. The Kier molecular flexibility index (Phi) is 5.54. The van der Waals surface area contributed by atoms with Crippen molar-refractivity contribution in [2.24, 2.45) is 0 Å². The molecule has 2 heterocycles. The maximum absolute atomic E-state index is 12.2. The summed E-state index contributed by atoms with van der Waals surface area (Å²) < 4.78 is 10.7. The average molecular weight is 363 g/mol. The lowest BCUT2D eigenvalue weighted by Crippen LogP contribution is -2.31. The maximum Gasteiger partial charge on any atom is 0.348 e. The van der Waals surface area contributed by atoms with Crippen LogP contribution in [0.4, 0.5) is 5.82 Å². The van der Waals surface area contributed by atoms with Crippen LogP contribution in [0.15, 0.2) is 0 Å². The molecule has 136 valence electrons. The molecule has 2 unspecified atom stereocenters. The number of methoxy groups -OCH3 is 1. The van der Waals surface area contributed by atoms with Gasteiger partial charge in [-0.15, -0.1) is 11.3 Å². The number of nitrogens with zero attached hydrogens (tertiary/aromatic N) is 2. The van der Waals surface area contributed by atoms with Gasteiger partial charge in [-0.05, 0) is 52.0 Å². The monoisotopic (exact) mass is 363 g/mol. The van der Waals surface area contributed by atoms with Gasteiger partial charge in [0.2, 0.25) is 0 Å². The van der Waals surface area contributed by atoms with Gasteiger partial charge in [0.15, 0.2) is 0 Å². The zero-order valence-electron chi connectivity index (χ0n) is 15.2. The van der Waals surface area contributed by atoms with E-state index in [9.17, 15) is 4.79 Å². The number of hydrogen-bond donors (Lipinski definition) is 1. The maximum atomic E-state index is 12.2. The Hall–Kier alpha value is -1.73. The molecule has 2 aromatic heterocycles. The predicted octanol–water partition coefficient (Wildman–Crippen LogP) is 3.85. The van der Waals surface area contributed by atoms with Gasteiger partial charge in [0.1, 0.15) is 21.3 Å². The van der Waals surface area contributed by atoms with Crippen molar-refractivity contribution in [3.05, 3.63) is 16.3 Å². The molecule has 2 aromatic rings. The summed E-state index contributed by atoms with van der Waals surface area (Å²) in [7, 11) is 1.77. The van der Waals surface area contributed by atoms with Crippen molar-refractivity contribution >= 4 is 33.3 Å². The van der Waals surface area contributed by atoms with Gasteiger partial charge >= 0.3 is 5.97 Å². The summed E-state index contributed by atoms with van der Waals surface area (Å²) in [6.45, 7) is 5.99. The summed E-state index contributed by atoms with van der Waals surface area (Å²) in [6, 6.07) is 0.321. The number of aromatic nitrogens is 2. The number of carbonyl (C=O) groups is 1. The summed E-state index contributed by atoms with van der Waals surface area (Å²) in [4.78, 5) is 22.8. The fraction of sp³-hybridized carbons (Fsp3) is 0.611. The second-order valence-corrected chi connectivity index (χ2v) is 7.44. The van der Waals surface area contributed by atoms with E-state index in [1.165, 1.54) is 11.3 Å². The highest BCUT2D eigenvalue weighted by Gasteiger charge is 2.25. The van der Waals surface area contributed by atoms with Crippen LogP contribution in [0.2, 0.25) is 0 Å². The van der Waals surface area contributed by atoms with Gasteiger partial charge in [0.05, 0.1) is 18.1 Å². The number of hydrogen-bond acceptors (Lipinski definition) is 7. The molecule has 1 aliphatic carbocycles. The largest absolute Gasteiger partial charge is 0.462 e. The third-order valence-corrected chi connectivity index (χ3v) is 5.83. The molecule has 1 saturated carbocycles. The van der Waals surface area contributed by atoms with Gasteiger partial charge in [-0.1, -0.05) is 0 Å². The number of aryl methyl sites for hydroxylation is 2. The van der Waals surface area contributed by atoms with E-state index in [0.717, 1.165) is 47.3 Å². The Morgan fingerprint density at radius 3 is 2.84 bits per heavy atom. The van der Waals surface area contributed by atoms with E-state index >= 15 is 0 Å². The van der Waals surface area contributed by atoms with Crippen LogP contribution in [-0.2, 0) is 9.47 Å². The number of carbonyl (C=O) groups excluding carboxylic acids is 1. The molecule has 0 saturated heterocycles. The molecule has 1 N–H and O–H groups in total. The lowest BCUT2D eigenvalue weighted by molar-refractivity contribution is 0.0531. The number of nitrogens with one attached hydrogen (secondary N) is 1. The summed E-state index contributed by atoms with van der Waals surface area (Å²) >= 11 is 1.38. The van der Waals surface area contributed by atoms with E-state index in [-0.39, 0.29) is 5.97 Å². The number of rotatable bonds is 5. The van der Waals surface area contributed by atoms with Gasteiger partial charge in [-0.2, -0.15) is 0 Å². The lowest BCUT2D eigenvalue weighted by Gasteiger charge is -2.29. The first-order valence-electron chi connectivity index (χ1n) is 8.77. The molecule has 0 aliphatic heterocycles. The lowest BCUT2D eigenvalue weighted by atomic mass is 9.93. The molecule has 2 atom stereocenters. The van der Waals surface area contributed by atoms with Crippen molar-refractivity contribution < 1.29 is 14.3 Å². The fourth-order valence-corrected chi connectivity index (χ4v) is 4.55. The average Bonchev–Trinajstić information content (AvgIpc) is 2.92. The van der Waals surface area contributed by atoms with Crippen molar-refractivity contribution in [3.8, 4) is 0 Å². The first-order valence-corrected chi connectivity index (χ1v) is 9.59. The van der Waals surface area contributed by atoms with E-state index in [1.54, 1.807) is 7.11 Å². The third-order valence-electron chi connectivity index (χ3n) is 4.66. The number of anilines is 1. The van der Waals surface area contributed by atoms with Crippen molar-refractivity contribution in [2.75, 3.05) is 19.0 Å². The van der Waals surface area contributed by atoms with Gasteiger partial charge in [0, 0.05) is 13.2 Å². The normalized spacial score (nSPS) is 20.6. The van der Waals surface area contributed by atoms with Crippen LogP contribution in [0.3, 0.4) is 0 Å². The Bertz CT molecular complexity index is 775. The first kappa shape index (κ1) is 18.1. The van der Waals surface area contributed by atoms with Gasteiger partial charge in [-0.3, -0.25) is 0 Å². The SMILES string of the molecule is CCOC(=O)c1sc2nc(C)nc(NC3CCCC(OC)C3)c2c1C. The quantitative estimate of drug-likeness (QED) is 0.813. The molecule has 1 fully saturated rings. The van der Waals surface area contributed by atoms with Gasteiger partial charge < -0.3 is 14.8 Å². The molecule has 0 radical (unpaired) electrons. The number of ether oxygens (including phenoxy) is 2. The zero-order valence-corrected chi connectivity index (χ0v) is 16.0. The Morgan fingerprint density at radius 1 is 1.32 bits per heavy atom. The summed E-state index contributed by atoms with van der Waals surface area (Å²) in [5, 5.41) is 4.51. The van der Waals surface area contributed by atoms with E-state index < -0.39 is 0 Å². The van der Waals surface area contributed by atoms with Crippen LogP contribution in [0.1, 0.15) is 53.7 Å². The minimum Gasteiger partial charge on any atom is -0.462 e. The van der Waals surface area contributed by atoms with E-state index in [4.69, 9.17) is 9.47 Å². The van der Waals surface area contributed by atoms with Gasteiger partial charge in [-0.25, -0.2) is 14.8 Å². The Balaban J connectivity index is 1.95. The summed E-state index contributed by atoms with van der Waals surface area (Å²) in [5.74, 6) is 1.23. The molecule has 0 aromatic carbocycles. The second kappa shape index (κ2) is 7.66. The van der Waals surface area contributed by atoms with Crippen molar-refractivity contribution in [3.63, 3.8) is 0 Å². The molecule has 7 heteroatoms. The molecule has 6 nitrogen and oxygen atoms in total. The van der Waals surface area contributed by atoms with Crippen molar-refractivity contribution in [2.45, 2.75) is 58.6 Å². The van der Waals surface area contributed by atoms with Crippen molar-refractivity contribution in [1.82, 2.24) is 9.97 Å². The van der Waals surface area contributed by atoms with Crippen LogP contribution in [-0.4, -0.2) is 41.8 Å². The van der Waals surface area contributed by atoms with E-state index in [1.807, 2.05) is 20.8 Å². The molecule has 3 rings (SSSR count). The fourth-order valence-electron chi connectivity index (χ4n) is 3.42. The summed E-state index contributed by atoms with van der Waals surface area (Å²) in [6.07, 6.45) is 4.61. The van der Waals surface area contributed by atoms with Crippen LogP contribution in [0.5, 0.6) is 0 Å². The minimum atomic E-state index is -0.288. The standard InChI is InChI=1S/C18H25N3O3S/c1-5-24-18(22)15-10(2)14-16(19-11(3)20-17(14)25-15)21-12-7-6-8-13(9-12)23-4/h12-13H,5-9H2,1-4H3,(H,19,20,21). The van der Waals surface area contributed by atoms with E-state index in [0.29, 0.717) is 29.5 Å². The Labute approximate surface area is 152 Å². The Morgan fingerprint density at radius 2 is 2.12 bits per heavy atom. The second-order valence-electron chi connectivity index (χ2n) is 6.44. The van der Waals surface area contributed by atoms with Crippen LogP contribution in [0.25, 0.3) is 10.2 Å². The minimum absolute atomic E-state index is 0.288. The van der Waals surface area contributed by atoms with Crippen LogP contribution in [0, 0.1) is 13.8 Å². The topological polar surface area (TPSA) is 73.3 Å². The predicted molar refractivity (Wildman–Crippen MR) is 99.5 cm³/mol. The molecule has 1 aliphatic rings. The molecular formula is C18H25N3O3S. The van der Waals surface area contributed by atoms with E-state index in [2.05, 4.69) is 15.3 Å². The van der Waals surface area contributed by atoms with Gasteiger partial charge in [0.25, 0.3) is 0 Å². The van der Waals surface area contributed by atoms with Crippen LogP contribution >= 0.6 is 11.3 Å². The number of fused-ring (bicyclic) bond motifs is 1. The summed E-state index contributed by atoms with van der Waals surface area (Å²) in [5.41, 5.74) is 0.889. The molecule has 0 spiro atoms. The smallest absolute Gasteiger partial charge is 0.348 e. The first-order chi connectivity index (χ1) is 12.0. The number of esters is 1. The highest BCUT2D eigenvalue weighted by Crippen LogP contribution is 2.35. The zero-order chi connectivity index (χ0) is 18.0. The van der Waals surface area contributed by atoms with Crippen molar-refractivity contribution in [1.29, 1.82) is 0 Å². The molecule has 0 amide bonds. The highest BCUT2D eigenvalue weighted by atomic mass is 32.1. The van der Waals surface area contributed by atoms with Crippen LogP contribution < -0.4 is 5.32 Å². The molecular weight excluding hydrogens is 338 g/mol. The molecule has 25 heavy (non-hydrogen) atoms. The number of thiophene rings is 1. The highest BCUT2D eigenvalue weighted by molar-refractivity contribution is 7.20.